The number of amides is 2. The van der Waals surface area contributed by atoms with Crippen LogP contribution < -0.4 is 5.32 Å². The summed E-state index contributed by atoms with van der Waals surface area (Å²) in [5, 5.41) is 2.94. The molecule has 1 aliphatic rings. The van der Waals surface area contributed by atoms with Gasteiger partial charge in [0.1, 0.15) is 0 Å². The summed E-state index contributed by atoms with van der Waals surface area (Å²) in [5.41, 5.74) is 0.991. The first-order valence-corrected chi connectivity index (χ1v) is 6.69. The summed E-state index contributed by atoms with van der Waals surface area (Å²) in [5.74, 6) is 0.106. The van der Waals surface area contributed by atoms with E-state index < -0.39 is 0 Å². The quantitative estimate of drug-likeness (QED) is 0.888. The van der Waals surface area contributed by atoms with Crippen molar-refractivity contribution in [2.24, 2.45) is 0 Å². The molecule has 0 aromatic heterocycles. The fraction of sp³-hybridized carbons (Fsp3) is 0.467. The maximum atomic E-state index is 11.9. The van der Waals surface area contributed by atoms with Crippen molar-refractivity contribution in [2.75, 3.05) is 6.54 Å². The van der Waals surface area contributed by atoms with Crippen LogP contribution in [0.15, 0.2) is 30.3 Å². The molecular weight excluding hydrogens is 240 g/mol. The molecule has 1 aromatic rings. The fourth-order valence-electron chi connectivity index (χ4n) is 2.39. The Balaban J connectivity index is 1.86. The lowest BCUT2D eigenvalue weighted by Crippen LogP contribution is -2.39. The highest BCUT2D eigenvalue weighted by molar-refractivity contribution is 5.83. The third-order valence-electron chi connectivity index (χ3n) is 3.35. The van der Waals surface area contributed by atoms with Crippen molar-refractivity contribution in [1.29, 1.82) is 0 Å². The van der Waals surface area contributed by atoms with Crippen molar-refractivity contribution in [3.8, 4) is 0 Å². The summed E-state index contributed by atoms with van der Waals surface area (Å²) in [6.07, 6.45) is 0.784. The number of nitrogens with zero attached hydrogens (tertiary/aromatic N) is 1. The Morgan fingerprint density at radius 2 is 2.05 bits per heavy atom. The molecule has 1 N–H and O–H groups in total. The number of rotatable bonds is 4. The molecule has 0 aliphatic carbocycles. The first-order chi connectivity index (χ1) is 9.06. The summed E-state index contributed by atoms with van der Waals surface area (Å²) >= 11 is 0. The summed E-state index contributed by atoms with van der Waals surface area (Å²) < 4.78 is 0. The van der Waals surface area contributed by atoms with E-state index in [4.69, 9.17) is 0 Å². The Hall–Kier alpha value is -1.84. The van der Waals surface area contributed by atoms with Crippen molar-refractivity contribution in [1.82, 2.24) is 10.2 Å². The van der Waals surface area contributed by atoms with Gasteiger partial charge in [0.05, 0.1) is 12.5 Å². The minimum absolute atomic E-state index is 0.0189. The van der Waals surface area contributed by atoms with Gasteiger partial charge in [-0.1, -0.05) is 30.3 Å². The second kappa shape index (κ2) is 5.87. The zero-order valence-corrected chi connectivity index (χ0v) is 11.4. The number of likely N-dealkylation sites (tertiary alicyclic amines) is 1. The minimum Gasteiger partial charge on any atom is -0.351 e. The van der Waals surface area contributed by atoms with E-state index in [0.29, 0.717) is 19.4 Å². The predicted octanol–water partition coefficient (Wildman–Crippen LogP) is 1.35. The third kappa shape index (κ3) is 3.56. The van der Waals surface area contributed by atoms with Gasteiger partial charge in [-0.2, -0.15) is 0 Å². The van der Waals surface area contributed by atoms with Crippen LogP contribution >= 0.6 is 0 Å². The molecule has 0 spiro atoms. The molecular formula is C15H20N2O2. The van der Waals surface area contributed by atoms with Crippen LogP contribution in [-0.4, -0.2) is 35.3 Å². The SMILES string of the molecule is CC(C)N1CC(NC(=O)Cc2ccccc2)CC1=O. The van der Waals surface area contributed by atoms with E-state index in [1.54, 1.807) is 0 Å². The molecule has 19 heavy (non-hydrogen) atoms. The van der Waals surface area contributed by atoms with E-state index in [2.05, 4.69) is 5.32 Å². The summed E-state index contributed by atoms with van der Waals surface area (Å²) in [4.78, 5) is 25.5. The van der Waals surface area contributed by atoms with E-state index in [-0.39, 0.29) is 23.9 Å². The van der Waals surface area contributed by atoms with Gasteiger partial charge in [0, 0.05) is 19.0 Å². The molecule has 4 heteroatoms. The summed E-state index contributed by atoms with van der Waals surface area (Å²) in [7, 11) is 0. The molecule has 2 rings (SSSR count). The van der Waals surface area contributed by atoms with Crippen LogP contribution in [-0.2, 0) is 16.0 Å². The molecule has 1 saturated heterocycles. The number of carbonyl (C=O) groups excluding carboxylic acids is 2. The van der Waals surface area contributed by atoms with Gasteiger partial charge < -0.3 is 10.2 Å². The van der Waals surface area contributed by atoms with Gasteiger partial charge in [-0.05, 0) is 19.4 Å². The zero-order valence-electron chi connectivity index (χ0n) is 11.4. The van der Waals surface area contributed by atoms with Gasteiger partial charge in [-0.15, -0.1) is 0 Å². The van der Waals surface area contributed by atoms with Crippen molar-refractivity contribution in [3.63, 3.8) is 0 Å². The highest BCUT2D eigenvalue weighted by atomic mass is 16.2. The predicted molar refractivity (Wildman–Crippen MR) is 73.5 cm³/mol. The van der Waals surface area contributed by atoms with Crippen molar-refractivity contribution < 1.29 is 9.59 Å². The Morgan fingerprint density at radius 1 is 1.37 bits per heavy atom. The topological polar surface area (TPSA) is 49.4 Å². The molecule has 0 bridgehead atoms. The summed E-state index contributed by atoms with van der Waals surface area (Å²) in [6, 6.07) is 9.77. The molecule has 0 saturated carbocycles. The maximum Gasteiger partial charge on any atom is 0.225 e. The van der Waals surface area contributed by atoms with Gasteiger partial charge in [-0.25, -0.2) is 0 Å². The second-order valence-electron chi connectivity index (χ2n) is 5.27. The molecule has 102 valence electrons. The first kappa shape index (κ1) is 13.6. The minimum atomic E-state index is -0.0499. The lowest BCUT2D eigenvalue weighted by Gasteiger charge is -2.21. The Labute approximate surface area is 113 Å². The zero-order chi connectivity index (χ0) is 13.8. The standard InChI is InChI=1S/C15H20N2O2/c1-11(2)17-10-13(9-15(17)19)16-14(18)8-12-6-4-3-5-7-12/h3-7,11,13H,8-10H2,1-2H3,(H,16,18). The molecule has 1 heterocycles. The average Bonchev–Trinajstić information content (AvgIpc) is 2.71. The smallest absolute Gasteiger partial charge is 0.225 e. The van der Waals surface area contributed by atoms with Crippen LogP contribution in [0, 0.1) is 0 Å². The molecule has 1 fully saturated rings. The summed E-state index contributed by atoms with van der Waals surface area (Å²) in [6.45, 7) is 4.61. The average molecular weight is 260 g/mol. The molecule has 1 aliphatic heterocycles. The largest absolute Gasteiger partial charge is 0.351 e. The highest BCUT2D eigenvalue weighted by Gasteiger charge is 2.31. The number of hydrogen-bond acceptors (Lipinski definition) is 2. The molecule has 1 atom stereocenters. The van der Waals surface area contributed by atoms with Crippen molar-refractivity contribution in [2.45, 2.75) is 38.8 Å². The lowest BCUT2D eigenvalue weighted by molar-refractivity contribution is -0.129. The number of hydrogen-bond donors (Lipinski definition) is 1. The van der Waals surface area contributed by atoms with Crippen LogP contribution in [0.25, 0.3) is 0 Å². The highest BCUT2D eigenvalue weighted by Crippen LogP contribution is 2.14. The van der Waals surface area contributed by atoms with Crippen LogP contribution in [0.4, 0.5) is 0 Å². The van der Waals surface area contributed by atoms with Gasteiger partial charge in [-0.3, -0.25) is 9.59 Å². The molecule has 1 aromatic carbocycles. The normalized spacial score (nSPS) is 19.0. The molecule has 2 amide bonds. The van der Waals surface area contributed by atoms with E-state index >= 15 is 0 Å². The first-order valence-electron chi connectivity index (χ1n) is 6.69. The van der Waals surface area contributed by atoms with Crippen molar-refractivity contribution >= 4 is 11.8 Å². The van der Waals surface area contributed by atoms with Crippen LogP contribution in [0.2, 0.25) is 0 Å². The molecule has 0 radical (unpaired) electrons. The van der Waals surface area contributed by atoms with Gasteiger partial charge in [0.25, 0.3) is 0 Å². The second-order valence-corrected chi connectivity index (χ2v) is 5.27. The van der Waals surface area contributed by atoms with Crippen LogP contribution in [0.1, 0.15) is 25.8 Å². The van der Waals surface area contributed by atoms with Crippen LogP contribution in [0.5, 0.6) is 0 Å². The Morgan fingerprint density at radius 3 is 2.63 bits per heavy atom. The van der Waals surface area contributed by atoms with Gasteiger partial charge >= 0.3 is 0 Å². The number of nitrogens with one attached hydrogen (secondary N) is 1. The molecule has 1 unspecified atom stereocenters. The van der Waals surface area contributed by atoms with E-state index in [9.17, 15) is 9.59 Å². The van der Waals surface area contributed by atoms with E-state index in [1.165, 1.54) is 0 Å². The Kier molecular flexibility index (Phi) is 4.20. The van der Waals surface area contributed by atoms with Gasteiger partial charge in [0.2, 0.25) is 11.8 Å². The van der Waals surface area contributed by atoms with Gasteiger partial charge in [0.15, 0.2) is 0 Å². The fourth-order valence-corrected chi connectivity index (χ4v) is 2.39. The van der Waals surface area contributed by atoms with E-state index in [0.717, 1.165) is 5.56 Å². The molecule has 4 nitrogen and oxygen atoms in total. The Bertz CT molecular complexity index is 456. The number of benzene rings is 1. The maximum absolute atomic E-state index is 11.9. The lowest BCUT2D eigenvalue weighted by atomic mass is 10.1. The monoisotopic (exact) mass is 260 g/mol. The van der Waals surface area contributed by atoms with Crippen molar-refractivity contribution in [3.05, 3.63) is 35.9 Å². The van der Waals surface area contributed by atoms with Crippen LogP contribution in [0.3, 0.4) is 0 Å². The van der Waals surface area contributed by atoms with E-state index in [1.807, 2.05) is 49.1 Å². The number of carbonyl (C=O) groups is 2. The third-order valence-corrected chi connectivity index (χ3v) is 3.35.